The summed E-state index contributed by atoms with van der Waals surface area (Å²) in [6, 6.07) is 10.0. The summed E-state index contributed by atoms with van der Waals surface area (Å²) in [4.78, 5) is 2.54. The molecule has 1 aliphatic heterocycles. The van der Waals surface area contributed by atoms with E-state index in [0.717, 1.165) is 0 Å². The quantitative estimate of drug-likeness (QED) is 0.878. The zero-order chi connectivity index (χ0) is 13.0. The SMILES string of the molecule is CCN1CCC(N[C@@H](C)c2ccc(C)cc2)CC1. The predicted octanol–water partition coefficient (Wildman–Crippen LogP) is 3.13. The van der Waals surface area contributed by atoms with Gasteiger partial charge < -0.3 is 10.2 Å². The summed E-state index contributed by atoms with van der Waals surface area (Å²) in [6.07, 6.45) is 2.56. The van der Waals surface area contributed by atoms with Gasteiger partial charge in [-0.3, -0.25) is 0 Å². The second kappa shape index (κ2) is 6.35. The maximum Gasteiger partial charge on any atom is 0.0294 e. The first-order valence-electron chi connectivity index (χ1n) is 7.24. The van der Waals surface area contributed by atoms with Crippen molar-refractivity contribution in [2.24, 2.45) is 0 Å². The minimum absolute atomic E-state index is 0.462. The van der Waals surface area contributed by atoms with Gasteiger partial charge in [-0.25, -0.2) is 0 Å². The number of piperidine rings is 1. The van der Waals surface area contributed by atoms with Gasteiger partial charge in [-0.15, -0.1) is 0 Å². The average molecular weight is 246 g/mol. The Kier molecular flexibility index (Phi) is 4.79. The first-order chi connectivity index (χ1) is 8.69. The van der Waals surface area contributed by atoms with Crippen LogP contribution in [0.2, 0.25) is 0 Å². The van der Waals surface area contributed by atoms with E-state index in [4.69, 9.17) is 0 Å². The van der Waals surface area contributed by atoms with E-state index in [1.807, 2.05) is 0 Å². The first kappa shape index (κ1) is 13.6. The second-order valence-corrected chi connectivity index (χ2v) is 5.51. The molecule has 0 bridgehead atoms. The number of aryl methyl sites for hydroxylation is 1. The van der Waals surface area contributed by atoms with Crippen LogP contribution in [0.15, 0.2) is 24.3 Å². The van der Waals surface area contributed by atoms with Crippen molar-refractivity contribution in [1.82, 2.24) is 10.2 Å². The average Bonchev–Trinajstić information content (AvgIpc) is 2.40. The molecule has 1 atom stereocenters. The predicted molar refractivity (Wildman–Crippen MR) is 77.9 cm³/mol. The van der Waals surface area contributed by atoms with Crippen molar-refractivity contribution in [2.45, 2.75) is 45.7 Å². The maximum atomic E-state index is 3.77. The summed E-state index contributed by atoms with van der Waals surface area (Å²) >= 11 is 0. The lowest BCUT2D eigenvalue weighted by molar-refractivity contribution is 0.200. The van der Waals surface area contributed by atoms with Gasteiger partial charge in [-0.1, -0.05) is 36.8 Å². The Bertz CT molecular complexity index is 350. The van der Waals surface area contributed by atoms with Crippen molar-refractivity contribution in [3.8, 4) is 0 Å². The van der Waals surface area contributed by atoms with Crippen molar-refractivity contribution in [3.05, 3.63) is 35.4 Å². The van der Waals surface area contributed by atoms with Crippen LogP contribution in [0.1, 0.15) is 43.9 Å². The molecule has 100 valence electrons. The number of likely N-dealkylation sites (tertiary alicyclic amines) is 1. The number of hydrogen-bond acceptors (Lipinski definition) is 2. The number of nitrogens with zero attached hydrogens (tertiary/aromatic N) is 1. The largest absolute Gasteiger partial charge is 0.307 e. The molecule has 2 nitrogen and oxygen atoms in total. The molecule has 1 aliphatic rings. The summed E-state index contributed by atoms with van der Waals surface area (Å²) in [5.41, 5.74) is 2.74. The van der Waals surface area contributed by atoms with Crippen LogP contribution in [0.4, 0.5) is 0 Å². The monoisotopic (exact) mass is 246 g/mol. The molecule has 0 spiro atoms. The molecular formula is C16H26N2. The lowest BCUT2D eigenvalue weighted by atomic mass is 10.0. The van der Waals surface area contributed by atoms with E-state index < -0.39 is 0 Å². The second-order valence-electron chi connectivity index (χ2n) is 5.51. The van der Waals surface area contributed by atoms with Gasteiger partial charge in [0, 0.05) is 12.1 Å². The molecule has 2 heteroatoms. The Morgan fingerprint density at radius 1 is 1.22 bits per heavy atom. The molecule has 2 rings (SSSR count). The third kappa shape index (κ3) is 3.56. The van der Waals surface area contributed by atoms with Crippen LogP contribution >= 0.6 is 0 Å². The van der Waals surface area contributed by atoms with Crippen molar-refractivity contribution < 1.29 is 0 Å². The Morgan fingerprint density at radius 3 is 2.39 bits per heavy atom. The summed E-state index contributed by atoms with van der Waals surface area (Å²) in [5.74, 6) is 0. The molecule has 1 saturated heterocycles. The molecule has 1 fully saturated rings. The van der Waals surface area contributed by atoms with Gasteiger partial charge >= 0.3 is 0 Å². The molecule has 0 saturated carbocycles. The molecule has 1 heterocycles. The van der Waals surface area contributed by atoms with Crippen molar-refractivity contribution in [3.63, 3.8) is 0 Å². The van der Waals surface area contributed by atoms with E-state index in [1.165, 1.54) is 43.6 Å². The molecular weight excluding hydrogens is 220 g/mol. The minimum atomic E-state index is 0.462. The molecule has 0 aliphatic carbocycles. The van der Waals surface area contributed by atoms with Crippen LogP contribution in [0.3, 0.4) is 0 Å². The first-order valence-corrected chi connectivity index (χ1v) is 7.24. The van der Waals surface area contributed by atoms with Crippen LogP contribution in [0.5, 0.6) is 0 Å². The van der Waals surface area contributed by atoms with Crippen LogP contribution in [0.25, 0.3) is 0 Å². The molecule has 0 amide bonds. The molecule has 1 N–H and O–H groups in total. The minimum Gasteiger partial charge on any atom is -0.307 e. The Hall–Kier alpha value is -0.860. The number of rotatable bonds is 4. The van der Waals surface area contributed by atoms with Gasteiger partial charge in [0.05, 0.1) is 0 Å². The summed E-state index contributed by atoms with van der Waals surface area (Å²) in [5, 5.41) is 3.77. The number of hydrogen-bond donors (Lipinski definition) is 1. The molecule has 0 radical (unpaired) electrons. The van der Waals surface area contributed by atoms with E-state index in [0.29, 0.717) is 12.1 Å². The highest BCUT2D eigenvalue weighted by Gasteiger charge is 2.19. The fraction of sp³-hybridized carbons (Fsp3) is 0.625. The summed E-state index contributed by atoms with van der Waals surface area (Å²) < 4.78 is 0. The van der Waals surface area contributed by atoms with Crippen molar-refractivity contribution >= 4 is 0 Å². The zero-order valence-electron chi connectivity index (χ0n) is 11.9. The number of nitrogens with one attached hydrogen (secondary N) is 1. The van der Waals surface area contributed by atoms with E-state index in [-0.39, 0.29) is 0 Å². The van der Waals surface area contributed by atoms with E-state index in [9.17, 15) is 0 Å². The highest BCUT2D eigenvalue weighted by molar-refractivity contribution is 5.23. The van der Waals surface area contributed by atoms with Gasteiger partial charge in [-0.2, -0.15) is 0 Å². The van der Waals surface area contributed by atoms with Gasteiger partial charge in [-0.05, 0) is 51.9 Å². The molecule has 1 aromatic carbocycles. The molecule has 18 heavy (non-hydrogen) atoms. The third-order valence-corrected chi connectivity index (χ3v) is 4.10. The normalized spacial score (nSPS) is 19.9. The molecule has 0 aromatic heterocycles. The van der Waals surface area contributed by atoms with Crippen LogP contribution in [-0.4, -0.2) is 30.6 Å². The molecule has 0 unspecified atom stereocenters. The topological polar surface area (TPSA) is 15.3 Å². The summed E-state index contributed by atoms with van der Waals surface area (Å²) in [6.45, 7) is 10.4. The Morgan fingerprint density at radius 2 is 1.83 bits per heavy atom. The van der Waals surface area contributed by atoms with Gasteiger partial charge in [0.2, 0.25) is 0 Å². The standard InChI is InChI=1S/C16H26N2/c1-4-18-11-9-16(10-12-18)17-14(3)15-7-5-13(2)6-8-15/h5-8,14,16-17H,4,9-12H2,1-3H3/t14-/m0/s1. The zero-order valence-corrected chi connectivity index (χ0v) is 11.9. The fourth-order valence-electron chi connectivity index (χ4n) is 2.72. The Balaban J connectivity index is 1.84. The lowest BCUT2D eigenvalue weighted by Crippen LogP contribution is -2.43. The fourth-order valence-corrected chi connectivity index (χ4v) is 2.72. The van der Waals surface area contributed by atoms with Gasteiger partial charge in [0.1, 0.15) is 0 Å². The molecule has 1 aromatic rings. The highest BCUT2D eigenvalue weighted by atomic mass is 15.1. The highest BCUT2D eigenvalue weighted by Crippen LogP contribution is 2.17. The summed E-state index contributed by atoms with van der Waals surface area (Å²) in [7, 11) is 0. The maximum absolute atomic E-state index is 3.77. The van der Waals surface area contributed by atoms with E-state index >= 15 is 0 Å². The van der Waals surface area contributed by atoms with Crippen molar-refractivity contribution in [1.29, 1.82) is 0 Å². The smallest absolute Gasteiger partial charge is 0.0294 e. The van der Waals surface area contributed by atoms with Crippen LogP contribution in [-0.2, 0) is 0 Å². The van der Waals surface area contributed by atoms with Crippen LogP contribution < -0.4 is 5.32 Å². The van der Waals surface area contributed by atoms with E-state index in [2.05, 4.69) is 55.3 Å². The van der Waals surface area contributed by atoms with Gasteiger partial charge in [0.15, 0.2) is 0 Å². The van der Waals surface area contributed by atoms with Crippen LogP contribution in [0, 0.1) is 6.92 Å². The number of benzene rings is 1. The van der Waals surface area contributed by atoms with Crippen molar-refractivity contribution in [2.75, 3.05) is 19.6 Å². The van der Waals surface area contributed by atoms with Gasteiger partial charge in [0.25, 0.3) is 0 Å². The Labute approximate surface area is 111 Å². The van der Waals surface area contributed by atoms with E-state index in [1.54, 1.807) is 0 Å². The third-order valence-electron chi connectivity index (χ3n) is 4.10. The lowest BCUT2D eigenvalue weighted by Gasteiger charge is -2.33.